The van der Waals surface area contributed by atoms with Crippen LogP contribution in [-0.2, 0) is 4.79 Å². The van der Waals surface area contributed by atoms with E-state index in [2.05, 4.69) is 0 Å². The number of carboxylic acids is 1. The van der Waals surface area contributed by atoms with E-state index in [9.17, 15) is 9.18 Å². The quantitative estimate of drug-likeness (QED) is 0.864. The molecular weight excluding hydrogens is 271 g/mol. The van der Waals surface area contributed by atoms with Gasteiger partial charge in [-0.3, -0.25) is 0 Å². The number of para-hydroxylation sites is 1. The Hall–Kier alpha value is -2.62. The molecule has 0 amide bonds. The first-order valence-corrected chi connectivity index (χ1v) is 6.37. The van der Waals surface area contributed by atoms with Gasteiger partial charge in [-0.2, -0.15) is 0 Å². The van der Waals surface area contributed by atoms with E-state index in [1.54, 1.807) is 43.3 Å². The number of hydrogen-bond acceptors (Lipinski definition) is 2. The molecule has 2 rings (SSSR count). The summed E-state index contributed by atoms with van der Waals surface area (Å²) in [6, 6.07) is 11.6. The summed E-state index contributed by atoms with van der Waals surface area (Å²) in [6.45, 7) is 1.67. The van der Waals surface area contributed by atoms with Crippen molar-refractivity contribution in [3.63, 3.8) is 0 Å². The van der Waals surface area contributed by atoms with Crippen LogP contribution >= 0.6 is 0 Å². The lowest BCUT2D eigenvalue weighted by Crippen LogP contribution is -1.94. The van der Waals surface area contributed by atoms with E-state index >= 15 is 0 Å². The second-order valence-electron chi connectivity index (χ2n) is 4.56. The van der Waals surface area contributed by atoms with Gasteiger partial charge < -0.3 is 9.84 Å². The Morgan fingerprint density at radius 2 is 1.90 bits per heavy atom. The van der Waals surface area contributed by atoms with Crippen LogP contribution in [-0.4, -0.2) is 18.2 Å². The van der Waals surface area contributed by atoms with Crippen LogP contribution < -0.4 is 4.74 Å². The molecule has 2 aromatic carbocycles. The summed E-state index contributed by atoms with van der Waals surface area (Å²) < 4.78 is 19.4. The van der Waals surface area contributed by atoms with E-state index in [1.165, 1.54) is 13.2 Å². The van der Waals surface area contributed by atoms with Crippen molar-refractivity contribution < 1.29 is 19.0 Å². The summed E-state index contributed by atoms with van der Waals surface area (Å²) in [5.41, 5.74) is 2.21. The zero-order valence-electron chi connectivity index (χ0n) is 11.8. The number of hydrogen-bond donors (Lipinski definition) is 1. The molecule has 21 heavy (non-hydrogen) atoms. The van der Waals surface area contributed by atoms with Crippen LogP contribution in [0.5, 0.6) is 5.75 Å². The summed E-state index contributed by atoms with van der Waals surface area (Å²) in [4.78, 5) is 10.7. The highest BCUT2D eigenvalue weighted by Crippen LogP contribution is 2.33. The molecule has 2 aromatic rings. The first kappa shape index (κ1) is 14.8. The third-order valence-corrected chi connectivity index (χ3v) is 3.16. The molecule has 1 N–H and O–H groups in total. The Balaban J connectivity index is 2.57. The largest absolute Gasteiger partial charge is 0.496 e. The summed E-state index contributed by atoms with van der Waals surface area (Å²) in [7, 11) is 1.52. The smallest absolute Gasteiger partial charge is 0.328 e. The van der Waals surface area contributed by atoms with Gasteiger partial charge in [0.15, 0.2) is 0 Å². The van der Waals surface area contributed by atoms with Crippen molar-refractivity contribution in [2.75, 3.05) is 7.11 Å². The van der Waals surface area contributed by atoms with E-state index in [0.717, 1.165) is 6.08 Å². The van der Waals surface area contributed by atoms with Crippen molar-refractivity contribution in [2.24, 2.45) is 0 Å². The van der Waals surface area contributed by atoms with Crippen molar-refractivity contribution in [2.45, 2.75) is 6.92 Å². The molecule has 0 saturated heterocycles. The second-order valence-corrected chi connectivity index (χ2v) is 4.56. The lowest BCUT2D eigenvalue weighted by Gasteiger charge is -2.11. The number of ether oxygens (including phenoxy) is 1. The van der Waals surface area contributed by atoms with E-state index in [4.69, 9.17) is 9.84 Å². The molecule has 0 unspecified atom stereocenters. The number of carboxylic acid groups (broad SMARTS) is 1. The van der Waals surface area contributed by atoms with Crippen LogP contribution in [0.4, 0.5) is 4.39 Å². The zero-order valence-corrected chi connectivity index (χ0v) is 11.8. The number of aliphatic carboxylic acids is 1. The minimum Gasteiger partial charge on any atom is -0.496 e. The zero-order chi connectivity index (χ0) is 15.4. The molecule has 0 saturated carbocycles. The number of rotatable bonds is 4. The molecule has 0 atom stereocenters. The third-order valence-electron chi connectivity index (χ3n) is 3.16. The minimum atomic E-state index is -1.03. The SMILES string of the molecule is COc1ccccc1-c1cc(/C(C)=C/C(=O)O)ccc1F. The fourth-order valence-electron chi connectivity index (χ4n) is 2.11. The van der Waals surface area contributed by atoms with E-state index in [0.29, 0.717) is 28.0 Å². The van der Waals surface area contributed by atoms with Crippen LogP contribution in [0.1, 0.15) is 12.5 Å². The Morgan fingerprint density at radius 1 is 1.19 bits per heavy atom. The van der Waals surface area contributed by atoms with Crippen LogP contribution in [0.15, 0.2) is 48.5 Å². The summed E-state index contributed by atoms with van der Waals surface area (Å²) in [5.74, 6) is -0.851. The monoisotopic (exact) mass is 286 g/mol. The Bertz CT molecular complexity index is 705. The van der Waals surface area contributed by atoms with Gasteiger partial charge in [-0.25, -0.2) is 9.18 Å². The highest BCUT2D eigenvalue weighted by atomic mass is 19.1. The molecule has 0 bridgehead atoms. The molecule has 0 spiro atoms. The number of carbonyl (C=O) groups is 1. The second kappa shape index (κ2) is 6.22. The Labute approximate surface area is 122 Å². The van der Waals surface area contributed by atoms with Crippen LogP contribution in [0, 0.1) is 5.82 Å². The molecule has 0 fully saturated rings. The van der Waals surface area contributed by atoms with Crippen molar-refractivity contribution in [1.29, 1.82) is 0 Å². The molecule has 0 aliphatic rings. The maximum Gasteiger partial charge on any atom is 0.328 e. The molecule has 0 aliphatic carbocycles. The van der Waals surface area contributed by atoms with Crippen molar-refractivity contribution in [1.82, 2.24) is 0 Å². The van der Waals surface area contributed by atoms with Crippen LogP contribution in [0.2, 0.25) is 0 Å². The Kier molecular flexibility index (Phi) is 4.38. The summed E-state index contributed by atoms with van der Waals surface area (Å²) in [6.07, 6.45) is 1.10. The van der Waals surface area contributed by atoms with Gasteiger partial charge in [-0.15, -0.1) is 0 Å². The topological polar surface area (TPSA) is 46.5 Å². The fraction of sp³-hybridized carbons (Fsp3) is 0.118. The maximum absolute atomic E-state index is 14.1. The van der Waals surface area contributed by atoms with Gasteiger partial charge in [0, 0.05) is 17.2 Å². The summed E-state index contributed by atoms with van der Waals surface area (Å²) in [5, 5.41) is 8.80. The number of benzene rings is 2. The average Bonchev–Trinajstić information content (AvgIpc) is 2.47. The van der Waals surface area contributed by atoms with Crippen molar-refractivity contribution >= 4 is 11.5 Å². The molecule has 4 heteroatoms. The number of allylic oxidation sites excluding steroid dienone is 1. The molecule has 0 heterocycles. The van der Waals surface area contributed by atoms with Gasteiger partial charge >= 0.3 is 5.97 Å². The molecule has 3 nitrogen and oxygen atoms in total. The van der Waals surface area contributed by atoms with Crippen molar-refractivity contribution in [3.8, 4) is 16.9 Å². The van der Waals surface area contributed by atoms with Gasteiger partial charge in [-0.1, -0.05) is 24.3 Å². The predicted octanol–water partition coefficient (Wildman–Crippen LogP) is 3.99. The van der Waals surface area contributed by atoms with Crippen LogP contribution in [0.25, 0.3) is 16.7 Å². The van der Waals surface area contributed by atoms with Crippen LogP contribution in [0.3, 0.4) is 0 Å². The van der Waals surface area contributed by atoms with E-state index in [-0.39, 0.29) is 5.82 Å². The molecule has 0 aliphatic heterocycles. The third kappa shape index (κ3) is 3.28. The molecule has 0 radical (unpaired) electrons. The van der Waals surface area contributed by atoms with E-state index in [1.807, 2.05) is 0 Å². The highest BCUT2D eigenvalue weighted by Gasteiger charge is 2.11. The van der Waals surface area contributed by atoms with E-state index < -0.39 is 5.97 Å². The Morgan fingerprint density at radius 3 is 2.57 bits per heavy atom. The molecule has 0 aromatic heterocycles. The first-order valence-electron chi connectivity index (χ1n) is 6.37. The maximum atomic E-state index is 14.1. The van der Waals surface area contributed by atoms with Gasteiger partial charge in [0.05, 0.1) is 7.11 Å². The number of halogens is 1. The molecular formula is C17H15FO3. The minimum absolute atomic E-state index is 0.378. The normalized spacial score (nSPS) is 11.3. The molecule has 108 valence electrons. The fourth-order valence-corrected chi connectivity index (χ4v) is 2.11. The lowest BCUT2D eigenvalue weighted by atomic mass is 9.98. The summed E-state index contributed by atoms with van der Waals surface area (Å²) >= 11 is 0. The highest BCUT2D eigenvalue weighted by molar-refractivity contribution is 5.90. The standard InChI is InChI=1S/C17H15FO3/c1-11(9-17(19)20)12-7-8-15(18)14(10-12)13-5-3-4-6-16(13)21-2/h3-10H,1-2H3,(H,19,20)/b11-9+. The van der Waals surface area contributed by atoms with Gasteiger partial charge in [0.2, 0.25) is 0 Å². The van der Waals surface area contributed by atoms with Gasteiger partial charge in [0.25, 0.3) is 0 Å². The number of methoxy groups -OCH3 is 1. The van der Waals surface area contributed by atoms with Gasteiger partial charge in [0.1, 0.15) is 11.6 Å². The van der Waals surface area contributed by atoms with Crippen molar-refractivity contribution in [3.05, 3.63) is 59.9 Å². The lowest BCUT2D eigenvalue weighted by molar-refractivity contribution is -0.131. The van der Waals surface area contributed by atoms with Gasteiger partial charge in [-0.05, 0) is 36.3 Å². The average molecular weight is 286 g/mol. The predicted molar refractivity (Wildman–Crippen MR) is 79.7 cm³/mol. The first-order chi connectivity index (χ1) is 10.0.